The van der Waals surface area contributed by atoms with Crippen LogP contribution in [0.2, 0.25) is 39.3 Å². The fourth-order valence-corrected chi connectivity index (χ4v) is 11.0. The van der Waals surface area contributed by atoms with Gasteiger partial charge >= 0.3 is 0 Å². The molecule has 0 N–H and O–H groups in total. The summed E-state index contributed by atoms with van der Waals surface area (Å²) >= 11 is 0. The fourth-order valence-electron chi connectivity index (χ4n) is 2.50. The van der Waals surface area contributed by atoms with E-state index in [1.54, 1.807) is 0 Å². The summed E-state index contributed by atoms with van der Waals surface area (Å²) in [7, 11) is -4.63. The molecule has 0 unspecified atom stereocenters. The zero-order valence-corrected chi connectivity index (χ0v) is 16.2. The first-order chi connectivity index (χ1) is 7.92. The van der Waals surface area contributed by atoms with E-state index in [0.717, 1.165) is 25.4 Å². The van der Waals surface area contributed by atoms with Gasteiger partial charge in [-0.3, -0.25) is 4.57 Å². The summed E-state index contributed by atoms with van der Waals surface area (Å²) in [4.78, 5) is 0. The van der Waals surface area contributed by atoms with Crippen LogP contribution < -0.4 is 0 Å². The van der Waals surface area contributed by atoms with Crippen LogP contribution in [-0.4, -0.2) is 57.6 Å². The van der Waals surface area contributed by atoms with Crippen molar-refractivity contribution in [2.75, 3.05) is 32.1 Å². The average Bonchev–Trinajstić information content (AvgIpc) is 2.08. The monoisotopic (exact) mass is 306 g/mol. The van der Waals surface area contributed by atoms with Crippen LogP contribution in [-0.2, 0) is 4.57 Å². The highest BCUT2D eigenvalue weighted by atomic mass is 31.2. The van der Waals surface area contributed by atoms with Crippen LogP contribution in [0.5, 0.6) is 0 Å². The first-order valence-electron chi connectivity index (χ1n) is 7.00. The zero-order chi connectivity index (χ0) is 14.2. The van der Waals surface area contributed by atoms with Crippen LogP contribution in [0.15, 0.2) is 0 Å². The highest BCUT2D eigenvalue weighted by Gasteiger charge is 2.39. The van der Waals surface area contributed by atoms with Gasteiger partial charge in [-0.15, -0.1) is 0 Å². The summed E-state index contributed by atoms with van der Waals surface area (Å²) in [5.74, 6) is 0. The molecule has 0 bridgehead atoms. The predicted octanol–water partition coefficient (Wildman–Crippen LogP) is 3.57. The Bertz CT molecular complexity index is 308. The van der Waals surface area contributed by atoms with E-state index in [1.165, 1.54) is 6.42 Å². The number of nitrogens with zero attached hydrogens (tertiary/aromatic N) is 2. The van der Waals surface area contributed by atoms with Gasteiger partial charge in [0.15, 0.2) is 0 Å². The van der Waals surface area contributed by atoms with Crippen molar-refractivity contribution in [3.63, 3.8) is 0 Å². The van der Waals surface area contributed by atoms with Gasteiger partial charge in [-0.05, 0) is 18.8 Å². The highest BCUT2D eigenvalue weighted by Crippen LogP contribution is 2.52. The van der Waals surface area contributed by atoms with Gasteiger partial charge in [-0.1, -0.05) is 39.3 Å². The summed E-state index contributed by atoms with van der Waals surface area (Å²) in [6, 6.07) is 0. The van der Waals surface area contributed by atoms with E-state index in [0.29, 0.717) is 0 Å². The van der Waals surface area contributed by atoms with Crippen molar-refractivity contribution in [2.24, 2.45) is 0 Å². The molecule has 0 aromatic heterocycles. The van der Waals surface area contributed by atoms with Gasteiger partial charge < -0.3 is 0 Å². The Morgan fingerprint density at radius 1 is 0.889 bits per heavy atom. The van der Waals surface area contributed by atoms with E-state index in [4.69, 9.17) is 0 Å². The van der Waals surface area contributed by atoms with Crippen LogP contribution >= 0.6 is 7.44 Å². The van der Waals surface area contributed by atoms with Crippen molar-refractivity contribution >= 4 is 23.6 Å². The SMILES string of the molecule is C[Si](C)(C)CN1CCCN(C[Si](C)(C)C)P1(C)=O. The Hall–Kier alpha value is 0.584. The van der Waals surface area contributed by atoms with E-state index in [2.05, 4.69) is 48.6 Å². The molecule has 1 aliphatic heterocycles. The van der Waals surface area contributed by atoms with Gasteiger partial charge in [0.05, 0.1) is 16.1 Å². The van der Waals surface area contributed by atoms with Crippen molar-refractivity contribution in [3.05, 3.63) is 0 Å². The third-order valence-electron chi connectivity index (χ3n) is 3.20. The molecule has 0 aromatic carbocycles. The molecule has 6 heteroatoms. The average molecular weight is 307 g/mol. The van der Waals surface area contributed by atoms with E-state index >= 15 is 0 Å². The van der Waals surface area contributed by atoms with Gasteiger partial charge in [-0.2, -0.15) is 0 Å². The number of hydrogen-bond acceptors (Lipinski definition) is 1. The van der Waals surface area contributed by atoms with Gasteiger partial charge in [0.1, 0.15) is 0 Å². The Morgan fingerprint density at radius 3 is 1.50 bits per heavy atom. The number of rotatable bonds is 4. The van der Waals surface area contributed by atoms with Crippen LogP contribution in [0.4, 0.5) is 0 Å². The molecule has 1 rings (SSSR count). The van der Waals surface area contributed by atoms with Crippen molar-refractivity contribution in [1.29, 1.82) is 0 Å². The lowest BCUT2D eigenvalue weighted by atomic mass is 10.4. The summed E-state index contributed by atoms with van der Waals surface area (Å²) < 4.78 is 17.8. The molecule has 0 aliphatic carbocycles. The minimum absolute atomic E-state index is 1.03. The first-order valence-corrected chi connectivity index (χ1v) is 16.5. The molecule has 0 aromatic rings. The normalized spacial score (nSPS) is 23.3. The van der Waals surface area contributed by atoms with Crippen molar-refractivity contribution in [3.8, 4) is 0 Å². The molecule has 18 heavy (non-hydrogen) atoms. The molecule has 108 valence electrons. The Balaban J connectivity index is 2.81. The second-order valence-electron chi connectivity index (χ2n) is 8.09. The van der Waals surface area contributed by atoms with E-state index < -0.39 is 23.6 Å². The maximum Gasteiger partial charge on any atom is 0.212 e. The Morgan fingerprint density at radius 2 is 1.22 bits per heavy atom. The lowest BCUT2D eigenvalue weighted by Gasteiger charge is -2.45. The summed E-state index contributed by atoms with van der Waals surface area (Å²) in [6.07, 6.45) is 3.32. The van der Waals surface area contributed by atoms with Gasteiger partial charge in [0.25, 0.3) is 0 Å². The smallest absolute Gasteiger partial charge is 0.212 e. The molecule has 0 atom stereocenters. The standard InChI is InChI=1S/C12H31N2OPSi2/c1-16(15)13(11-17(2,3)4)9-8-10-14(16)12-18(5,6)7/h8-12H2,1-7H3. The Kier molecular flexibility index (Phi) is 5.11. The van der Waals surface area contributed by atoms with Gasteiger partial charge in [0.2, 0.25) is 7.44 Å². The molecule has 3 nitrogen and oxygen atoms in total. The maximum atomic E-state index is 13.1. The molecular weight excluding hydrogens is 275 g/mol. The second-order valence-corrected chi connectivity index (χ2v) is 21.8. The molecule has 1 fully saturated rings. The minimum atomic E-state index is -2.26. The summed E-state index contributed by atoms with van der Waals surface area (Å²) in [5, 5.41) is 0. The largest absolute Gasteiger partial charge is 0.289 e. The second kappa shape index (κ2) is 5.53. The molecule has 0 radical (unpaired) electrons. The third kappa shape index (κ3) is 4.93. The van der Waals surface area contributed by atoms with Crippen LogP contribution in [0.1, 0.15) is 6.42 Å². The quantitative estimate of drug-likeness (QED) is 0.586. The summed E-state index contributed by atoms with van der Waals surface area (Å²) in [6.45, 7) is 18.2. The fraction of sp³-hybridized carbons (Fsp3) is 1.00. The van der Waals surface area contributed by atoms with E-state index in [9.17, 15) is 4.57 Å². The van der Waals surface area contributed by atoms with Crippen molar-refractivity contribution < 1.29 is 4.57 Å². The minimum Gasteiger partial charge on any atom is -0.289 e. The van der Waals surface area contributed by atoms with Crippen LogP contribution in [0, 0.1) is 0 Å². The van der Waals surface area contributed by atoms with E-state index in [-0.39, 0.29) is 0 Å². The van der Waals surface area contributed by atoms with Crippen LogP contribution in [0.3, 0.4) is 0 Å². The Labute approximate surface area is 115 Å². The molecule has 1 heterocycles. The molecule has 1 saturated heterocycles. The van der Waals surface area contributed by atoms with E-state index in [1.807, 2.05) is 6.66 Å². The highest BCUT2D eigenvalue weighted by molar-refractivity contribution is 7.58. The van der Waals surface area contributed by atoms with Crippen molar-refractivity contribution in [1.82, 2.24) is 9.34 Å². The lowest BCUT2D eigenvalue weighted by Crippen LogP contribution is -2.49. The topological polar surface area (TPSA) is 23.6 Å². The first kappa shape index (κ1) is 16.6. The van der Waals surface area contributed by atoms with Gasteiger partial charge in [0, 0.05) is 19.8 Å². The predicted molar refractivity (Wildman–Crippen MR) is 88.0 cm³/mol. The van der Waals surface area contributed by atoms with Gasteiger partial charge in [-0.25, -0.2) is 9.34 Å². The maximum absolute atomic E-state index is 13.1. The molecule has 0 amide bonds. The third-order valence-corrected chi connectivity index (χ3v) is 9.17. The molecule has 1 aliphatic rings. The molecule has 0 saturated carbocycles. The van der Waals surface area contributed by atoms with Crippen LogP contribution in [0.25, 0.3) is 0 Å². The number of hydrogen-bond donors (Lipinski definition) is 0. The molecular formula is C12H31N2OPSi2. The lowest BCUT2D eigenvalue weighted by molar-refractivity contribution is 0.316. The van der Waals surface area contributed by atoms with Crippen molar-refractivity contribution in [2.45, 2.75) is 45.7 Å². The molecule has 0 spiro atoms. The summed E-state index contributed by atoms with van der Waals surface area (Å²) in [5.41, 5.74) is 0. The zero-order valence-electron chi connectivity index (χ0n) is 13.3.